The summed E-state index contributed by atoms with van der Waals surface area (Å²) in [6.07, 6.45) is 1.51. The number of amides is 1. The van der Waals surface area contributed by atoms with Gasteiger partial charge < -0.3 is 5.32 Å². The molecule has 0 bridgehead atoms. The molecule has 0 saturated heterocycles. The first-order valence-corrected chi connectivity index (χ1v) is 9.64. The van der Waals surface area contributed by atoms with Crippen LogP contribution in [0.25, 0.3) is 11.0 Å². The van der Waals surface area contributed by atoms with E-state index in [0.717, 1.165) is 11.0 Å². The minimum Gasteiger partial charge on any atom is -0.324 e. The van der Waals surface area contributed by atoms with Gasteiger partial charge in [0.25, 0.3) is 0 Å². The van der Waals surface area contributed by atoms with Gasteiger partial charge in [0.1, 0.15) is 0 Å². The highest BCUT2D eigenvalue weighted by molar-refractivity contribution is 8.14. The predicted molar refractivity (Wildman–Crippen MR) is 110 cm³/mol. The first kappa shape index (κ1) is 17.8. The number of hydrogen-bond acceptors (Lipinski definition) is 6. The van der Waals surface area contributed by atoms with Crippen LogP contribution in [-0.4, -0.2) is 38.4 Å². The Balaban J connectivity index is 1.42. The maximum atomic E-state index is 12.2. The van der Waals surface area contributed by atoms with Gasteiger partial charge in [-0.15, -0.1) is 0 Å². The third-order valence-electron chi connectivity index (χ3n) is 4.07. The molecule has 1 aliphatic heterocycles. The van der Waals surface area contributed by atoms with E-state index in [1.54, 1.807) is 18.5 Å². The second-order valence-electron chi connectivity index (χ2n) is 5.96. The molecule has 2 heterocycles. The zero-order valence-corrected chi connectivity index (χ0v) is 16.0. The van der Waals surface area contributed by atoms with Gasteiger partial charge in [0.15, 0.2) is 5.17 Å². The van der Waals surface area contributed by atoms with Gasteiger partial charge in [0.2, 0.25) is 12.2 Å². The first-order chi connectivity index (χ1) is 13.1. The van der Waals surface area contributed by atoms with Crippen LogP contribution in [0.1, 0.15) is 6.29 Å². The minimum absolute atomic E-state index is 0.142. The van der Waals surface area contributed by atoms with Gasteiger partial charge in [0.05, 0.1) is 33.8 Å². The SMILES string of the molecule is CN1NC(SCC(=O)Nc2ccccc2Cl)=NC1n1cnc2ccccc21. The Kier molecular flexibility index (Phi) is 5.02. The normalized spacial score (nSPS) is 17.0. The van der Waals surface area contributed by atoms with E-state index in [2.05, 4.69) is 20.7 Å². The highest BCUT2D eigenvalue weighted by Crippen LogP contribution is 2.25. The van der Waals surface area contributed by atoms with Crippen LogP contribution >= 0.6 is 23.4 Å². The van der Waals surface area contributed by atoms with E-state index in [4.69, 9.17) is 11.6 Å². The molecule has 1 atom stereocenters. The van der Waals surface area contributed by atoms with Gasteiger partial charge >= 0.3 is 0 Å². The van der Waals surface area contributed by atoms with E-state index in [1.807, 2.05) is 53.0 Å². The number of thioether (sulfide) groups is 1. The standard InChI is InChI=1S/C18H17ClN6OS/c1-24-18(25-11-20-14-8-4-5-9-15(14)25)22-17(23-24)27-10-16(26)21-13-7-3-2-6-12(13)19/h2-9,11,18H,10H2,1H3,(H,21,26)(H,22,23). The minimum atomic E-state index is -0.258. The molecule has 1 amide bonds. The third kappa shape index (κ3) is 3.78. The summed E-state index contributed by atoms with van der Waals surface area (Å²) >= 11 is 7.40. The Morgan fingerprint density at radius 3 is 2.89 bits per heavy atom. The van der Waals surface area contributed by atoms with Crippen molar-refractivity contribution in [3.63, 3.8) is 0 Å². The largest absolute Gasteiger partial charge is 0.324 e. The van der Waals surface area contributed by atoms with Gasteiger partial charge in [-0.05, 0) is 24.3 Å². The van der Waals surface area contributed by atoms with E-state index in [0.29, 0.717) is 15.9 Å². The topological polar surface area (TPSA) is 74.6 Å². The van der Waals surface area contributed by atoms with Gasteiger partial charge in [-0.2, -0.15) is 5.01 Å². The molecule has 4 rings (SSSR count). The van der Waals surface area contributed by atoms with Crippen molar-refractivity contribution in [2.75, 3.05) is 18.1 Å². The monoisotopic (exact) mass is 400 g/mol. The maximum Gasteiger partial charge on any atom is 0.234 e. The number of benzene rings is 2. The van der Waals surface area contributed by atoms with Crippen LogP contribution in [0.4, 0.5) is 5.69 Å². The van der Waals surface area contributed by atoms with Crippen molar-refractivity contribution in [1.29, 1.82) is 0 Å². The molecule has 1 aromatic heterocycles. The van der Waals surface area contributed by atoms with Crippen molar-refractivity contribution in [1.82, 2.24) is 20.0 Å². The summed E-state index contributed by atoms with van der Waals surface area (Å²) in [7, 11) is 1.90. The number of para-hydroxylation sites is 3. The fourth-order valence-corrected chi connectivity index (χ4v) is 3.69. The number of fused-ring (bicyclic) bond motifs is 1. The lowest BCUT2D eigenvalue weighted by molar-refractivity contribution is -0.113. The van der Waals surface area contributed by atoms with E-state index in [-0.39, 0.29) is 17.9 Å². The Morgan fingerprint density at radius 1 is 1.26 bits per heavy atom. The lowest BCUT2D eigenvalue weighted by Gasteiger charge is -2.19. The summed E-state index contributed by atoms with van der Waals surface area (Å²) in [4.78, 5) is 21.3. The van der Waals surface area contributed by atoms with Crippen LogP contribution < -0.4 is 10.7 Å². The fourth-order valence-electron chi connectivity index (χ4n) is 2.79. The molecule has 2 N–H and O–H groups in total. The molecule has 9 heteroatoms. The molecule has 0 fully saturated rings. The van der Waals surface area contributed by atoms with Crippen molar-refractivity contribution in [3.05, 3.63) is 59.9 Å². The number of nitrogens with one attached hydrogen (secondary N) is 2. The summed E-state index contributed by atoms with van der Waals surface area (Å²) < 4.78 is 1.99. The average molecular weight is 401 g/mol. The summed E-state index contributed by atoms with van der Waals surface area (Å²) in [5.41, 5.74) is 5.70. The van der Waals surface area contributed by atoms with Gasteiger partial charge in [-0.3, -0.25) is 14.8 Å². The van der Waals surface area contributed by atoms with Crippen LogP contribution in [0.5, 0.6) is 0 Å². The highest BCUT2D eigenvalue weighted by Gasteiger charge is 2.26. The maximum absolute atomic E-state index is 12.2. The molecule has 0 radical (unpaired) electrons. The molecule has 0 saturated carbocycles. The predicted octanol–water partition coefficient (Wildman–Crippen LogP) is 3.32. The number of hydrogen-bond donors (Lipinski definition) is 2. The van der Waals surface area contributed by atoms with Crippen molar-refractivity contribution in [2.45, 2.75) is 6.29 Å². The number of nitrogens with zero attached hydrogens (tertiary/aromatic N) is 4. The van der Waals surface area contributed by atoms with Gasteiger partial charge in [-0.1, -0.05) is 47.6 Å². The number of hydrazine groups is 1. The summed E-state index contributed by atoms with van der Waals surface area (Å²) in [5, 5.41) is 5.87. The van der Waals surface area contributed by atoms with Gasteiger partial charge in [0, 0.05) is 7.05 Å². The molecule has 0 aliphatic carbocycles. The summed E-state index contributed by atoms with van der Waals surface area (Å²) in [6, 6.07) is 15.1. The average Bonchev–Trinajstić information content (AvgIpc) is 3.25. The van der Waals surface area contributed by atoms with Crippen molar-refractivity contribution in [2.24, 2.45) is 4.99 Å². The Morgan fingerprint density at radius 2 is 2.04 bits per heavy atom. The molecule has 0 spiro atoms. The lowest BCUT2D eigenvalue weighted by Crippen LogP contribution is -2.35. The van der Waals surface area contributed by atoms with E-state index in [9.17, 15) is 4.79 Å². The molecule has 138 valence electrons. The molecular formula is C18H17ClN6OS. The second kappa shape index (κ2) is 7.59. The smallest absolute Gasteiger partial charge is 0.234 e. The van der Waals surface area contributed by atoms with Crippen molar-refractivity contribution >= 4 is 51.2 Å². The number of anilines is 1. The molecular weight excluding hydrogens is 384 g/mol. The number of imidazole rings is 1. The van der Waals surface area contributed by atoms with Crippen molar-refractivity contribution < 1.29 is 4.79 Å². The van der Waals surface area contributed by atoms with E-state index >= 15 is 0 Å². The number of carbonyl (C=O) groups excluding carboxylic acids is 1. The number of amidine groups is 1. The first-order valence-electron chi connectivity index (χ1n) is 8.28. The summed E-state index contributed by atoms with van der Waals surface area (Å²) in [6.45, 7) is 0. The number of rotatable bonds is 4. The fraction of sp³-hybridized carbons (Fsp3) is 0.167. The highest BCUT2D eigenvalue weighted by atomic mass is 35.5. The lowest BCUT2D eigenvalue weighted by atomic mass is 10.3. The molecule has 7 nitrogen and oxygen atoms in total. The Labute approximate surface area is 165 Å². The zero-order valence-electron chi connectivity index (χ0n) is 14.5. The van der Waals surface area contributed by atoms with Gasteiger partial charge in [-0.25, -0.2) is 9.98 Å². The van der Waals surface area contributed by atoms with Crippen molar-refractivity contribution in [3.8, 4) is 0 Å². The van der Waals surface area contributed by atoms with Crippen LogP contribution in [0, 0.1) is 0 Å². The molecule has 2 aromatic carbocycles. The molecule has 27 heavy (non-hydrogen) atoms. The second-order valence-corrected chi connectivity index (χ2v) is 7.33. The summed E-state index contributed by atoms with van der Waals surface area (Å²) in [5.74, 6) is 0.0826. The Bertz CT molecular complexity index is 1020. The van der Waals surface area contributed by atoms with E-state index < -0.39 is 0 Å². The number of aliphatic imine (C=N–C) groups is 1. The number of aromatic nitrogens is 2. The van der Waals surface area contributed by atoms with Crippen LogP contribution in [0.2, 0.25) is 5.02 Å². The number of halogens is 1. The quantitative estimate of drug-likeness (QED) is 0.702. The van der Waals surface area contributed by atoms with Crippen LogP contribution in [0.15, 0.2) is 59.9 Å². The molecule has 1 unspecified atom stereocenters. The van der Waals surface area contributed by atoms with Crippen LogP contribution in [0.3, 0.4) is 0 Å². The molecule has 1 aliphatic rings. The Hall–Kier alpha value is -2.55. The zero-order chi connectivity index (χ0) is 18.8. The number of carbonyl (C=O) groups is 1. The van der Waals surface area contributed by atoms with Crippen LogP contribution in [-0.2, 0) is 4.79 Å². The van der Waals surface area contributed by atoms with E-state index in [1.165, 1.54) is 11.8 Å². The third-order valence-corrected chi connectivity index (χ3v) is 5.28. The molecule has 3 aromatic rings.